The van der Waals surface area contributed by atoms with Crippen LogP contribution < -0.4 is 10.6 Å². The molecule has 0 saturated carbocycles. The maximum Gasteiger partial charge on any atom is 0.341 e. The van der Waals surface area contributed by atoms with Gasteiger partial charge < -0.3 is 15.4 Å². The summed E-state index contributed by atoms with van der Waals surface area (Å²) in [6, 6.07) is 21.3. The molecule has 6 heteroatoms. The van der Waals surface area contributed by atoms with Crippen LogP contribution in [0.2, 0.25) is 0 Å². The third kappa shape index (κ3) is 5.53. The molecule has 0 bridgehead atoms. The predicted molar refractivity (Wildman–Crippen MR) is 116 cm³/mol. The van der Waals surface area contributed by atoms with Gasteiger partial charge in [0, 0.05) is 10.4 Å². The molecule has 0 aliphatic carbocycles. The average molecular weight is 410 g/mol. The van der Waals surface area contributed by atoms with Crippen molar-refractivity contribution in [1.29, 1.82) is 0 Å². The van der Waals surface area contributed by atoms with Crippen molar-refractivity contribution >= 4 is 28.2 Å². The first kappa shape index (κ1) is 20.8. The second kappa shape index (κ2) is 10.0. The lowest BCUT2D eigenvalue weighted by atomic mass is 10.1. The van der Waals surface area contributed by atoms with Crippen molar-refractivity contribution in [2.45, 2.75) is 26.4 Å². The molecule has 3 N–H and O–H groups in total. The van der Waals surface area contributed by atoms with Gasteiger partial charge in [-0.15, -0.1) is 11.3 Å². The number of nitrogens with one attached hydrogen (secondary N) is 1. The summed E-state index contributed by atoms with van der Waals surface area (Å²) in [5, 5.41) is 5.42. The highest BCUT2D eigenvalue weighted by Gasteiger charge is 2.23. The molecular formula is C23H25N2O3S+. The Morgan fingerprint density at radius 3 is 2.38 bits per heavy atom. The molecule has 0 spiro atoms. The lowest BCUT2D eigenvalue weighted by Gasteiger charge is -2.11. The van der Waals surface area contributed by atoms with Gasteiger partial charge in [0.25, 0.3) is 5.91 Å². The first-order valence-corrected chi connectivity index (χ1v) is 10.4. The molecule has 1 aromatic heterocycles. The Kier molecular flexibility index (Phi) is 7.16. The number of thiophene rings is 1. The van der Waals surface area contributed by atoms with Gasteiger partial charge in [0.1, 0.15) is 11.5 Å². The van der Waals surface area contributed by atoms with E-state index < -0.39 is 5.97 Å². The third-order valence-electron chi connectivity index (χ3n) is 4.49. The van der Waals surface area contributed by atoms with Gasteiger partial charge in [-0.3, -0.25) is 4.79 Å². The number of carbonyl (C=O) groups is 2. The SMILES string of the molecule is CCOC(=O)c1cc(-c2ccccc2)sc1NC(=O)[C@H](C)[NH2+]Cc1ccccc1. The van der Waals surface area contributed by atoms with Gasteiger partial charge in [0.2, 0.25) is 0 Å². The topological polar surface area (TPSA) is 72.0 Å². The van der Waals surface area contributed by atoms with E-state index in [0.717, 1.165) is 16.0 Å². The fraction of sp³-hybridized carbons (Fsp3) is 0.217. The van der Waals surface area contributed by atoms with Crippen LogP contribution in [0.25, 0.3) is 10.4 Å². The van der Waals surface area contributed by atoms with Crippen molar-refractivity contribution < 1.29 is 19.6 Å². The quantitative estimate of drug-likeness (QED) is 0.558. The molecule has 1 heterocycles. The summed E-state index contributed by atoms with van der Waals surface area (Å²) in [5.41, 5.74) is 2.54. The van der Waals surface area contributed by atoms with Gasteiger partial charge in [-0.25, -0.2) is 4.79 Å². The molecule has 1 amide bonds. The second-order valence-corrected chi connectivity index (χ2v) is 7.70. The minimum atomic E-state index is -0.429. The summed E-state index contributed by atoms with van der Waals surface area (Å²) < 4.78 is 5.17. The molecule has 150 valence electrons. The minimum absolute atomic E-state index is 0.145. The standard InChI is InChI=1S/C23H24N2O3S/c1-3-28-23(27)19-14-20(18-12-8-5-9-13-18)29-22(19)25-21(26)16(2)24-15-17-10-6-4-7-11-17/h4-14,16,24H,3,15H2,1-2H3,(H,25,26)/p+1/t16-/m0/s1. The van der Waals surface area contributed by atoms with Gasteiger partial charge in [-0.2, -0.15) is 0 Å². The molecule has 3 aromatic rings. The number of amides is 1. The Morgan fingerprint density at radius 1 is 1.07 bits per heavy atom. The Balaban J connectivity index is 1.74. The molecule has 1 atom stereocenters. The number of hydrogen-bond donors (Lipinski definition) is 2. The summed E-state index contributed by atoms with van der Waals surface area (Å²) in [6.45, 7) is 4.61. The summed E-state index contributed by atoms with van der Waals surface area (Å²) in [5.74, 6) is -0.574. The monoisotopic (exact) mass is 409 g/mol. The molecule has 0 fully saturated rings. The summed E-state index contributed by atoms with van der Waals surface area (Å²) in [7, 11) is 0. The molecule has 0 saturated heterocycles. The van der Waals surface area contributed by atoms with Crippen molar-refractivity contribution in [3.63, 3.8) is 0 Å². The van der Waals surface area contributed by atoms with Crippen LogP contribution in [-0.2, 0) is 16.1 Å². The lowest BCUT2D eigenvalue weighted by Crippen LogP contribution is -2.90. The van der Waals surface area contributed by atoms with Crippen LogP contribution in [0.4, 0.5) is 5.00 Å². The van der Waals surface area contributed by atoms with Crippen molar-refractivity contribution in [2.75, 3.05) is 11.9 Å². The van der Waals surface area contributed by atoms with E-state index in [1.54, 1.807) is 13.0 Å². The molecule has 29 heavy (non-hydrogen) atoms. The van der Waals surface area contributed by atoms with E-state index >= 15 is 0 Å². The number of esters is 1. The molecule has 0 radical (unpaired) electrons. The largest absolute Gasteiger partial charge is 0.462 e. The number of benzene rings is 2. The Bertz CT molecular complexity index is 955. The highest BCUT2D eigenvalue weighted by Crippen LogP contribution is 2.35. The number of nitrogens with two attached hydrogens (primary N) is 1. The van der Waals surface area contributed by atoms with Crippen LogP contribution in [0.15, 0.2) is 66.7 Å². The van der Waals surface area contributed by atoms with E-state index in [1.807, 2.05) is 72.9 Å². The Labute approximate surface area is 174 Å². The van der Waals surface area contributed by atoms with Crippen LogP contribution >= 0.6 is 11.3 Å². The van der Waals surface area contributed by atoms with Crippen LogP contribution in [0.1, 0.15) is 29.8 Å². The smallest absolute Gasteiger partial charge is 0.341 e. The van der Waals surface area contributed by atoms with E-state index in [-0.39, 0.29) is 18.6 Å². The van der Waals surface area contributed by atoms with E-state index in [1.165, 1.54) is 11.3 Å². The lowest BCUT2D eigenvalue weighted by molar-refractivity contribution is -0.688. The van der Waals surface area contributed by atoms with Crippen LogP contribution in [0.5, 0.6) is 0 Å². The fourth-order valence-electron chi connectivity index (χ4n) is 2.85. The second-order valence-electron chi connectivity index (χ2n) is 6.64. The van der Waals surface area contributed by atoms with Crippen LogP contribution in [-0.4, -0.2) is 24.5 Å². The van der Waals surface area contributed by atoms with Gasteiger partial charge >= 0.3 is 5.97 Å². The number of carbonyl (C=O) groups excluding carboxylic acids is 2. The molecule has 5 nitrogen and oxygen atoms in total. The summed E-state index contributed by atoms with van der Waals surface area (Å²) in [6.07, 6.45) is 0. The molecule has 3 rings (SSSR count). The highest BCUT2D eigenvalue weighted by molar-refractivity contribution is 7.20. The zero-order valence-electron chi connectivity index (χ0n) is 16.6. The maximum absolute atomic E-state index is 12.7. The zero-order valence-corrected chi connectivity index (χ0v) is 17.4. The minimum Gasteiger partial charge on any atom is -0.462 e. The summed E-state index contributed by atoms with van der Waals surface area (Å²) in [4.78, 5) is 26.0. The average Bonchev–Trinajstić information content (AvgIpc) is 3.17. The zero-order chi connectivity index (χ0) is 20.6. The Morgan fingerprint density at radius 2 is 1.72 bits per heavy atom. The molecule has 0 aliphatic heterocycles. The third-order valence-corrected chi connectivity index (χ3v) is 5.59. The van der Waals surface area contributed by atoms with Gasteiger partial charge in [0.15, 0.2) is 6.04 Å². The molecular weight excluding hydrogens is 384 g/mol. The van der Waals surface area contributed by atoms with Gasteiger partial charge in [-0.1, -0.05) is 60.7 Å². The van der Waals surface area contributed by atoms with Crippen molar-refractivity contribution in [3.05, 3.63) is 77.9 Å². The van der Waals surface area contributed by atoms with Crippen molar-refractivity contribution in [2.24, 2.45) is 0 Å². The molecule has 0 aliphatic rings. The fourth-order valence-corrected chi connectivity index (χ4v) is 3.90. The van der Waals surface area contributed by atoms with Crippen LogP contribution in [0.3, 0.4) is 0 Å². The number of quaternary nitrogens is 1. The van der Waals surface area contributed by atoms with Crippen LogP contribution in [0, 0.1) is 0 Å². The maximum atomic E-state index is 12.7. The first-order chi connectivity index (χ1) is 14.1. The van der Waals surface area contributed by atoms with E-state index in [9.17, 15) is 9.59 Å². The Hall–Kier alpha value is -2.96. The van der Waals surface area contributed by atoms with E-state index in [4.69, 9.17) is 4.74 Å². The van der Waals surface area contributed by atoms with E-state index in [2.05, 4.69) is 5.32 Å². The number of rotatable bonds is 8. The summed E-state index contributed by atoms with van der Waals surface area (Å²) >= 11 is 1.38. The highest BCUT2D eigenvalue weighted by atomic mass is 32.1. The predicted octanol–water partition coefficient (Wildman–Crippen LogP) is 3.68. The normalized spacial score (nSPS) is 11.7. The van der Waals surface area contributed by atoms with Gasteiger partial charge in [0.05, 0.1) is 12.2 Å². The van der Waals surface area contributed by atoms with Gasteiger partial charge in [-0.05, 0) is 25.5 Å². The molecule has 2 aromatic carbocycles. The first-order valence-electron chi connectivity index (χ1n) is 9.63. The van der Waals surface area contributed by atoms with Crippen molar-refractivity contribution in [1.82, 2.24) is 0 Å². The van der Waals surface area contributed by atoms with Crippen molar-refractivity contribution in [3.8, 4) is 10.4 Å². The number of ether oxygens (including phenoxy) is 1. The molecule has 0 unspecified atom stereocenters. The number of hydrogen-bond acceptors (Lipinski definition) is 4. The van der Waals surface area contributed by atoms with E-state index in [0.29, 0.717) is 17.1 Å². The number of anilines is 1.